The van der Waals surface area contributed by atoms with Crippen LogP contribution < -0.4 is 0 Å². The molecule has 1 aromatic heterocycles. The number of aromatic nitrogens is 2. The molecule has 1 fully saturated rings. The topological polar surface area (TPSA) is 95.6 Å². The fraction of sp³-hybridized carbons (Fsp3) is 0.667. The molecule has 9 heteroatoms. The fourth-order valence-electron chi connectivity index (χ4n) is 2.30. The summed E-state index contributed by atoms with van der Waals surface area (Å²) in [5.74, 6) is -0.687. The van der Waals surface area contributed by atoms with E-state index in [-0.39, 0.29) is 23.2 Å². The summed E-state index contributed by atoms with van der Waals surface area (Å²) in [5, 5.41) is 5.89. The molecule has 0 radical (unpaired) electrons. The van der Waals surface area contributed by atoms with E-state index in [2.05, 4.69) is 10.2 Å². The van der Waals surface area contributed by atoms with Crippen molar-refractivity contribution in [1.29, 1.82) is 0 Å². The highest BCUT2D eigenvalue weighted by atomic mass is 32.2. The Morgan fingerprint density at radius 1 is 1.57 bits per heavy atom. The molecule has 1 unspecified atom stereocenters. The number of ether oxygens (including phenoxy) is 1. The van der Waals surface area contributed by atoms with Gasteiger partial charge in [-0.1, -0.05) is 0 Å². The molecule has 8 nitrogen and oxygen atoms in total. The highest BCUT2D eigenvalue weighted by Crippen LogP contribution is 2.24. The Labute approximate surface area is 124 Å². The van der Waals surface area contributed by atoms with Crippen LogP contribution in [-0.4, -0.2) is 73.6 Å². The highest BCUT2D eigenvalue weighted by molar-refractivity contribution is 7.89. The number of carbonyl (C=O) groups excluding carboxylic acids is 1. The number of nitrogens with one attached hydrogen (secondary N) is 1. The molecule has 0 amide bonds. The lowest BCUT2D eigenvalue weighted by Gasteiger charge is -2.20. The van der Waals surface area contributed by atoms with Crippen LogP contribution in [-0.2, 0) is 14.8 Å². The van der Waals surface area contributed by atoms with E-state index >= 15 is 0 Å². The zero-order chi connectivity index (χ0) is 15.6. The van der Waals surface area contributed by atoms with Gasteiger partial charge in [0.1, 0.15) is 5.56 Å². The van der Waals surface area contributed by atoms with Gasteiger partial charge in [0.05, 0.1) is 12.8 Å². The van der Waals surface area contributed by atoms with Gasteiger partial charge in [-0.25, -0.2) is 13.2 Å². The van der Waals surface area contributed by atoms with Gasteiger partial charge in [-0.2, -0.15) is 9.40 Å². The Bertz CT molecular complexity index is 611. The van der Waals surface area contributed by atoms with Crippen molar-refractivity contribution in [3.63, 3.8) is 0 Å². The zero-order valence-corrected chi connectivity index (χ0v) is 13.2. The number of esters is 1. The molecule has 118 valence electrons. The maximum atomic E-state index is 12.6. The molecule has 1 atom stereocenters. The van der Waals surface area contributed by atoms with Crippen LogP contribution in [0.4, 0.5) is 0 Å². The van der Waals surface area contributed by atoms with Crippen molar-refractivity contribution in [2.45, 2.75) is 24.4 Å². The monoisotopic (exact) mass is 316 g/mol. The summed E-state index contributed by atoms with van der Waals surface area (Å²) in [6.45, 7) is 2.66. The fourth-order valence-corrected chi connectivity index (χ4v) is 3.86. The van der Waals surface area contributed by atoms with Crippen LogP contribution in [0.2, 0.25) is 0 Å². The Kier molecular flexibility index (Phi) is 4.64. The third-order valence-electron chi connectivity index (χ3n) is 3.55. The molecule has 1 N–H and O–H groups in total. The van der Waals surface area contributed by atoms with Crippen LogP contribution in [0.1, 0.15) is 23.7 Å². The Balaban J connectivity index is 2.25. The number of aromatic amines is 1. The van der Waals surface area contributed by atoms with Crippen LogP contribution in [0.3, 0.4) is 0 Å². The van der Waals surface area contributed by atoms with Gasteiger partial charge in [-0.3, -0.25) is 5.10 Å². The second kappa shape index (κ2) is 6.12. The zero-order valence-electron chi connectivity index (χ0n) is 12.4. The number of nitrogens with zero attached hydrogens (tertiary/aromatic N) is 3. The average Bonchev–Trinajstić information content (AvgIpc) is 3.09. The number of carbonyl (C=O) groups is 1. The number of H-pyrrole nitrogens is 1. The van der Waals surface area contributed by atoms with Crippen LogP contribution in [0, 0.1) is 0 Å². The average molecular weight is 316 g/mol. The number of likely N-dealkylation sites (N-methyl/N-ethyl adjacent to an activating group) is 1. The molecule has 2 rings (SSSR count). The Hall–Kier alpha value is -1.45. The van der Waals surface area contributed by atoms with E-state index < -0.39 is 16.0 Å². The van der Waals surface area contributed by atoms with E-state index in [4.69, 9.17) is 4.74 Å². The molecule has 2 heterocycles. The second-order valence-electron chi connectivity index (χ2n) is 5.10. The molecule has 0 spiro atoms. The minimum atomic E-state index is -3.77. The molecular formula is C12H20N4O4S. The van der Waals surface area contributed by atoms with Gasteiger partial charge in [0.15, 0.2) is 5.03 Å². The van der Waals surface area contributed by atoms with Crippen molar-refractivity contribution in [1.82, 2.24) is 19.4 Å². The third-order valence-corrected chi connectivity index (χ3v) is 5.39. The molecule has 21 heavy (non-hydrogen) atoms. The molecule has 0 bridgehead atoms. The summed E-state index contributed by atoms with van der Waals surface area (Å²) in [4.78, 5) is 13.8. The maximum Gasteiger partial charge on any atom is 0.342 e. The molecule has 0 saturated carbocycles. The first-order valence-electron chi connectivity index (χ1n) is 6.75. The van der Waals surface area contributed by atoms with E-state index in [0.717, 1.165) is 6.42 Å². The summed E-state index contributed by atoms with van der Waals surface area (Å²) in [6.07, 6.45) is 1.94. The molecule has 1 aliphatic rings. The first-order valence-corrected chi connectivity index (χ1v) is 8.19. The lowest BCUT2D eigenvalue weighted by molar-refractivity contribution is 0.0521. The molecule has 1 aliphatic heterocycles. The van der Waals surface area contributed by atoms with Crippen LogP contribution in [0.15, 0.2) is 11.2 Å². The summed E-state index contributed by atoms with van der Waals surface area (Å²) in [5.41, 5.74) is -0.0508. The SMILES string of the molecule is CCOC(=O)c1cn[nH]c1S(=O)(=O)N1CCC(N(C)C)C1. The molecular weight excluding hydrogens is 296 g/mol. The smallest absolute Gasteiger partial charge is 0.342 e. The second-order valence-corrected chi connectivity index (χ2v) is 6.98. The normalized spacial score (nSPS) is 20.1. The summed E-state index contributed by atoms with van der Waals surface area (Å²) in [7, 11) is 0.0674. The van der Waals surface area contributed by atoms with Crippen molar-refractivity contribution in [3.05, 3.63) is 11.8 Å². The minimum Gasteiger partial charge on any atom is -0.462 e. The first-order chi connectivity index (χ1) is 9.87. The summed E-state index contributed by atoms with van der Waals surface area (Å²) < 4.78 is 31.5. The van der Waals surface area contributed by atoms with Gasteiger partial charge in [-0.05, 0) is 27.4 Å². The standard InChI is InChI=1S/C12H20N4O4S/c1-4-20-12(17)10-7-13-14-11(10)21(18,19)16-6-5-9(8-16)15(2)3/h7,9H,4-6,8H2,1-3H3,(H,13,14). The van der Waals surface area contributed by atoms with Crippen LogP contribution >= 0.6 is 0 Å². The largest absolute Gasteiger partial charge is 0.462 e. The van der Waals surface area contributed by atoms with Crippen molar-refractivity contribution in [2.75, 3.05) is 33.8 Å². The molecule has 0 aliphatic carbocycles. The van der Waals surface area contributed by atoms with Crippen molar-refractivity contribution in [3.8, 4) is 0 Å². The van der Waals surface area contributed by atoms with E-state index in [1.54, 1.807) is 6.92 Å². The maximum absolute atomic E-state index is 12.6. The quantitative estimate of drug-likeness (QED) is 0.763. The van der Waals surface area contributed by atoms with E-state index in [1.165, 1.54) is 10.5 Å². The highest BCUT2D eigenvalue weighted by Gasteiger charge is 2.37. The summed E-state index contributed by atoms with van der Waals surface area (Å²) in [6, 6.07) is 0.175. The van der Waals surface area contributed by atoms with Crippen molar-refractivity contribution in [2.24, 2.45) is 0 Å². The minimum absolute atomic E-state index is 0.0508. The van der Waals surface area contributed by atoms with Gasteiger partial charge < -0.3 is 9.64 Å². The van der Waals surface area contributed by atoms with Crippen LogP contribution in [0.5, 0.6) is 0 Å². The number of rotatable bonds is 5. The molecule has 1 saturated heterocycles. The molecule has 0 aromatic carbocycles. The van der Waals surface area contributed by atoms with E-state index in [0.29, 0.717) is 13.1 Å². The Morgan fingerprint density at radius 2 is 2.29 bits per heavy atom. The lowest BCUT2D eigenvalue weighted by atomic mass is 10.2. The van der Waals surface area contributed by atoms with Gasteiger partial charge in [0.25, 0.3) is 10.0 Å². The number of sulfonamides is 1. The lowest BCUT2D eigenvalue weighted by Crippen LogP contribution is -2.35. The van der Waals surface area contributed by atoms with Gasteiger partial charge in [0, 0.05) is 19.1 Å². The van der Waals surface area contributed by atoms with Crippen molar-refractivity contribution < 1.29 is 17.9 Å². The van der Waals surface area contributed by atoms with Gasteiger partial charge in [-0.15, -0.1) is 0 Å². The summed E-state index contributed by atoms with van der Waals surface area (Å²) >= 11 is 0. The Morgan fingerprint density at radius 3 is 2.86 bits per heavy atom. The number of hydrogen-bond donors (Lipinski definition) is 1. The predicted octanol–water partition coefficient (Wildman–Crippen LogP) is -0.0890. The predicted molar refractivity (Wildman–Crippen MR) is 75.4 cm³/mol. The van der Waals surface area contributed by atoms with Gasteiger partial charge >= 0.3 is 5.97 Å². The van der Waals surface area contributed by atoms with E-state index in [1.807, 2.05) is 19.0 Å². The molecule has 1 aromatic rings. The van der Waals surface area contributed by atoms with E-state index in [9.17, 15) is 13.2 Å². The van der Waals surface area contributed by atoms with Gasteiger partial charge in [0.2, 0.25) is 0 Å². The third kappa shape index (κ3) is 3.09. The number of hydrogen-bond acceptors (Lipinski definition) is 6. The van der Waals surface area contributed by atoms with Crippen molar-refractivity contribution >= 4 is 16.0 Å². The van der Waals surface area contributed by atoms with Crippen LogP contribution in [0.25, 0.3) is 0 Å². The first kappa shape index (κ1) is 15.9.